The van der Waals surface area contributed by atoms with Gasteiger partial charge in [-0.3, -0.25) is 0 Å². The second-order valence-electron chi connectivity index (χ2n) is 2.23. The minimum atomic E-state index is -0.352. The molecule has 62 valence electrons. The Kier molecular flexibility index (Phi) is 3.16. The van der Waals surface area contributed by atoms with Crippen molar-refractivity contribution in [1.29, 1.82) is 0 Å². The molecule has 0 aliphatic carbocycles. The van der Waals surface area contributed by atoms with E-state index in [0.717, 1.165) is 0 Å². The van der Waals surface area contributed by atoms with E-state index in [1.807, 2.05) is 0 Å². The van der Waals surface area contributed by atoms with Gasteiger partial charge in [0, 0.05) is 6.42 Å². The summed E-state index contributed by atoms with van der Waals surface area (Å²) in [5.41, 5.74) is 0. The van der Waals surface area contributed by atoms with Crippen molar-refractivity contribution in [3.05, 3.63) is 30.1 Å². The normalized spacial score (nSPS) is 9.00. The molecule has 12 heavy (non-hydrogen) atoms. The van der Waals surface area contributed by atoms with Gasteiger partial charge in [0.2, 0.25) is 0 Å². The quantitative estimate of drug-likeness (QED) is 0.491. The molecule has 0 saturated heterocycles. The fourth-order valence-electron chi connectivity index (χ4n) is 0.782. The fourth-order valence-corrected chi connectivity index (χ4v) is 0.782. The van der Waals surface area contributed by atoms with Crippen molar-refractivity contribution in [2.75, 3.05) is 6.61 Å². The van der Waals surface area contributed by atoms with Crippen molar-refractivity contribution < 1.29 is 9.13 Å². The molecule has 1 aromatic carbocycles. The van der Waals surface area contributed by atoms with Gasteiger partial charge in [0.05, 0.1) is 6.61 Å². The van der Waals surface area contributed by atoms with Crippen molar-refractivity contribution in [2.45, 2.75) is 6.42 Å². The van der Waals surface area contributed by atoms with E-state index in [4.69, 9.17) is 11.2 Å². The molecule has 0 saturated carbocycles. The third kappa shape index (κ3) is 2.28. The van der Waals surface area contributed by atoms with Gasteiger partial charge in [-0.05, 0) is 12.1 Å². The Morgan fingerprint density at radius 1 is 1.42 bits per heavy atom. The van der Waals surface area contributed by atoms with Crippen LogP contribution in [-0.2, 0) is 0 Å². The number of hydrogen-bond donors (Lipinski definition) is 0. The maximum absolute atomic E-state index is 12.8. The van der Waals surface area contributed by atoms with Gasteiger partial charge in [0.15, 0.2) is 11.6 Å². The van der Waals surface area contributed by atoms with Crippen molar-refractivity contribution in [3.8, 4) is 18.1 Å². The summed E-state index contributed by atoms with van der Waals surface area (Å²) < 4.78 is 17.9. The van der Waals surface area contributed by atoms with Gasteiger partial charge in [0.1, 0.15) is 0 Å². The number of benzene rings is 1. The third-order valence-electron chi connectivity index (χ3n) is 1.34. The van der Waals surface area contributed by atoms with Gasteiger partial charge >= 0.3 is 0 Å². The van der Waals surface area contributed by atoms with Crippen LogP contribution in [0.2, 0.25) is 0 Å². The molecule has 1 nitrogen and oxygen atoms in total. The molecule has 0 unspecified atom stereocenters. The fraction of sp³-hybridized carbons (Fsp3) is 0.200. The van der Waals surface area contributed by atoms with Crippen LogP contribution in [0.1, 0.15) is 6.42 Å². The Bertz CT molecular complexity index is 288. The van der Waals surface area contributed by atoms with E-state index < -0.39 is 0 Å². The molecule has 0 fully saturated rings. The summed E-state index contributed by atoms with van der Waals surface area (Å²) in [4.78, 5) is 0. The van der Waals surface area contributed by atoms with Crippen LogP contribution in [0.3, 0.4) is 0 Å². The minimum absolute atomic E-state index is 0.257. The van der Waals surface area contributed by atoms with E-state index in [2.05, 4.69) is 5.92 Å². The molecular formula is C10H9FO. The molecule has 0 aliphatic heterocycles. The highest BCUT2D eigenvalue weighted by molar-refractivity contribution is 5.23. The van der Waals surface area contributed by atoms with Gasteiger partial charge < -0.3 is 4.74 Å². The first-order valence-electron chi connectivity index (χ1n) is 3.65. The van der Waals surface area contributed by atoms with E-state index in [-0.39, 0.29) is 11.6 Å². The van der Waals surface area contributed by atoms with Crippen LogP contribution in [0.5, 0.6) is 5.75 Å². The first kappa shape index (κ1) is 8.61. The molecule has 2 heteroatoms. The monoisotopic (exact) mass is 164 g/mol. The molecule has 0 heterocycles. The minimum Gasteiger partial charge on any atom is -0.490 e. The summed E-state index contributed by atoms with van der Waals surface area (Å²) in [6.45, 7) is 0.359. The lowest BCUT2D eigenvalue weighted by atomic mass is 10.3. The van der Waals surface area contributed by atoms with Gasteiger partial charge in [-0.1, -0.05) is 12.1 Å². The summed E-state index contributed by atoms with van der Waals surface area (Å²) in [5, 5.41) is 0. The number of ether oxygens (including phenoxy) is 1. The van der Waals surface area contributed by atoms with Crippen LogP contribution in [0.25, 0.3) is 0 Å². The summed E-state index contributed by atoms with van der Waals surface area (Å²) in [5.74, 6) is 2.31. The molecule has 0 atom stereocenters. The zero-order chi connectivity index (χ0) is 8.81. The standard InChI is InChI=1S/C10H9FO/c1-2-3-8-12-10-7-5-4-6-9(10)11/h1,4-7H,3,8H2. The van der Waals surface area contributed by atoms with Gasteiger partial charge in [-0.2, -0.15) is 0 Å². The van der Waals surface area contributed by atoms with Gasteiger partial charge in [-0.25, -0.2) is 4.39 Å². The maximum Gasteiger partial charge on any atom is 0.165 e. The van der Waals surface area contributed by atoms with E-state index in [1.54, 1.807) is 18.2 Å². The van der Waals surface area contributed by atoms with Crippen LogP contribution in [-0.4, -0.2) is 6.61 Å². The Hall–Kier alpha value is -1.49. The molecule has 0 aromatic heterocycles. The molecule has 0 aliphatic rings. The predicted molar refractivity (Wildman–Crippen MR) is 45.3 cm³/mol. The summed E-state index contributed by atoms with van der Waals surface area (Å²) >= 11 is 0. The summed E-state index contributed by atoms with van der Waals surface area (Å²) in [6.07, 6.45) is 5.50. The van der Waals surface area contributed by atoms with Crippen LogP contribution in [0, 0.1) is 18.2 Å². The van der Waals surface area contributed by atoms with Crippen molar-refractivity contribution in [3.63, 3.8) is 0 Å². The Morgan fingerprint density at radius 2 is 2.17 bits per heavy atom. The van der Waals surface area contributed by atoms with E-state index >= 15 is 0 Å². The molecule has 0 bridgehead atoms. The maximum atomic E-state index is 12.8. The number of rotatable bonds is 3. The summed E-state index contributed by atoms with van der Waals surface area (Å²) in [7, 11) is 0. The lowest BCUT2D eigenvalue weighted by Crippen LogP contribution is -1.97. The highest BCUT2D eigenvalue weighted by Gasteiger charge is 1.98. The van der Waals surface area contributed by atoms with E-state index in [9.17, 15) is 4.39 Å². The summed E-state index contributed by atoms with van der Waals surface area (Å²) in [6, 6.07) is 6.26. The SMILES string of the molecule is C#CCCOc1ccccc1F. The lowest BCUT2D eigenvalue weighted by molar-refractivity contribution is 0.310. The number of terminal acetylenes is 1. The second-order valence-corrected chi connectivity index (χ2v) is 2.23. The topological polar surface area (TPSA) is 9.23 Å². The van der Waals surface area contributed by atoms with Crippen LogP contribution >= 0.6 is 0 Å². The van der Waals surface area contributed by atoms with Crippen LogP contribution in [0.15, 0.2) is 24.3 Å². The molecule has 0 amide bonds. The Balaban J connectivity index is 2.53. The molecule has 1 aromatic rings. The average Bonchev–Trinajstić information content (AvgIpc) is 2.09. The zero-order valence-electron chi connectivity index (χ0n) is 6.59. The molecule has 0 spiro atoms. The Morgan fingerprint density at radius 3 is 2.83 bits per heavy atom. The smallest absolute Gasteiger partial charge is 0.165 e. The first-order valence-corrected chi connectivity index (χ1v) is 3.65. The highest BCUT2D eigenvalue weighted by atomic mass is 19.1. The predicted octanol–water partition coefficient (Wildman–Crippen LogP) is 2.23. The molecule has 0 N–H and O–H groups in total. The zero-order valence-corrected chi connectivity index (χ0v) is 6.59. The average molecular weight is 164 g/mol. The van der Waals surface area contributed by atoms with Gasteiger partial charge in [0.25, 0.3) is 0 Å². The van der Waals surface area contributed by atoms with Crippen molar-refractivity contribution >= 4 is 0 Å². The molecule has 0 radical (unpaired) electrons. The Labute approximate surface area is 71.2 Å². The van der Waals surface area contributed by atoms with Gasteiger partial charge in [-0.15, -0.1) is 12.3 Å². The van der Waals surface area contributed by atoms with Crippen LogP contribution < -0.4 is 4.74 Å². The third-order valence-corrected chi connectivity index (χ3v) is 1.34. The van der Waals surface area contributed by atoms with Crippen LogP contribution in [0.4, 0.5) is 4.39 Å². The number of para-hydroxylation sites is 1. The second kappa shape index (κ2) is 4.40. The molecule has 1 rings (SSSR count). The first-order chi connectivity index (χ1) is 5.84. The van der Waals surface area contributed by atoms with Crippen molar-refractivity contribution in [1.82, 2.24) is 0 Å². The lowest BCUT2D eigenvalue weighted by Gasteiger charge is -2.03. The highest BCUT2D eigenvalue weighted by Crippen LogP contribution is 2.14. The van der Waals surface area contributed by atoms with E-state index in [1.165, 1.54) is 6.07 Å². The number of halogens is 1. The largest absolute Gasteiger partial charge is 0.490 e. The molecular weight excluding hydrogens is 155 g/mol. The van der Waals surface area contributed by atoms with E-state index in [0.29, 0.717) is 13.0 Å². The number of hydrogen-bond acceptors (Lipinski definition) is 1. The van der Waals surface area contributed by atoms with Crippen molar-refractivity contribution in [2.24, 2.45) is 0 Å².